The number of hydrogen-bond acceptors (Lipinski definition) is 7. The van der Waals surface area contributed by atoms with Crippen LogP contribution >= 0.6 is 24.4 Å². The second-order valence-corrected chi connectivity index (χ2v) is 8.16. The zero-order valence-corrected chi connectivity index (χ0v) is 18.4. The van der Waals surface area contributed by atoms with E-state index >= 15 is 0 Å². The minimum Gasteiger partial charge on any atom is -0.389 e. The van der Waals surface area contributed by atoms with Gasteiger partial charge in [-0.1, -0.05) is 38.3 Å². The Morgan fingerprint density at radius 1 is 0.935 bits per heavy atom. The van der Waals surface area contributed by atoms with Crippen molar-refractivity contribution in [1.82, 2.24) is 0 Å². The second kappa shape index (κ2) is 8.32. The van der Waals surface area contributed by atoms with Crippen molar-refractivity contribution in [3.05, 3.63) is 77.9 Å². The van der Waals surface area contributed by atoms with Gasteiger partial charge in [-0.3, -0.25) is 25.0 Å². The van der Waals surface area contributed by atoms with Crippen LogP contribution in [0, 0.1) is 27.2 Å². The third-order valence-electron chi connectivity index (χ3n) is 5.08. The number of amides is 1. The molecule has 0 saturated heterocycles. The predicted octanol–water partition coefficient (Wildman–Crippen LogP) is 2.50. The lowest BCUT2D eigenvalue weighted by Crippen LogP contribution is -2.30. The number of nitro benzene ring substituents is 2. The van der Waals surface area contributed by atoms with Crippen molar-refractivity contribution in [1.29, 1.82) is 0 Å². The first-order valence-electron chi connectivity index (χ1n) is 8.72. The normalized spacial score (nSPS) is 11.1. The van der Waals surface area contributed by atoms with Crippen molar-refractivity contribution in [3.63, 3.8) is 0 Å². The van der Waals surface area contributed by atoms with Crippen LogP contribution in [0.5, 0.6) is 0 Å². The summed E-state index contributed by atoms with van der Waals surface area (Å²) in [6, 6.07) is 4.81. The van der Waals surface area contributed by atoms with Gasteiger partial charge < -0.3 is 17.2 Å². The summed E-state index contributed by atoms with van der Waals surface area (Å²) < 4.78 is 0. The monoisotopic (exact) mass is 461 g/mol. The molecule has 0 unspecified atom stereocenters. The van der Waals surface area contributed by atoms with Crippen LogP contribution < -0.4 is 17.2 Å². The van der Waals surface area contributed by atoms with E-state index in [9.17, 15) is 25.0 Å². The summed E-state index contributed by atoms with van der Waals surface area (Å²) >= 11 is 10.2. The van der Waals surface area contributed by atoms with Gasteiger partial charge in [-0.2, -0.15) is 0 Å². The van der Waals surface area contributed by atoms with Gasteiger partial charge >= 0.3 is 0 Å². The smallest absolute Gasteiger partial charge is 0.280 e. The molecule has 2 rings (SSSR count). The van der Waals surface area contributed by atoms with Crippen LogP contribution in [0.2, 0.25) is 0 Å². The number of carbonyl (C=O) groups excluding carboxylic acids is 1. The van der Waals surface area contributed by atoms with Crippen molar-refractivity contribution < 1.29 is 14.6 Å². The highest BCUT2D eigenvalue weighted by Gasteiger charge is 2.36. The Labute approximate surface area is 187 Å². The molecule has 0 bridgehead atoms. The molecule has 1 amide bonds. The molecule has 0 aliphatic carbocycles. The van der Waals surface area contributed by atoms with E-state index in [1.165, 1.54) is 18.2 Å². The summed E-state index contributed by atoms with van der Waals surface area (Å²) in [4.78, 5) is 33.3. The molecule has 0 saturated carbocycles. The molecule has 0 radical (unpaired) electrons. The standard InChI is InChI=1S/C19H19N5O5S2/c1-8-12(7-10(16(20)25)15(18(22)31)14(8)17(21)30)19(2,3)11-5-4-9(23(26)27)6-13(11)24(28)29/h4-7H,1-3H3,(H2,20,25)(H2,21,30)(H2,22,31). The lowest BCUT2D eigenvalue weighted by atomic mass is 9.73. The fraction of sp³-hybridized carbons (Fsp3) is 0.211. The molecule has 0 fully saturated rings. The number of thiocarbonyl (C=S) groups is 2. The molecule has 2 aromatic carbocycles. The van der Waals surface area contributed by atoms with Crippen LogP contribution in [0.4, 0.5) is 11.4 Å². The Kier molecular flexibility index (Phi) is 6.38. The molecule has 6 N–H and O–H groups in total. The lowest BCUT2D eigenvalue weighted by molar-refractivity contribution is -0.394. The van der Waals surface area contributed by atoms with Crippen LogP contribution in [0.1, 0.15) is 52.0 Å². The van der Waals surface area contributed by atoms with Gasteiger partial charge in [-0.25, -0.2) is 0 Å². The molecule has 162 valence electrons. The van der Waals surface area contributed by atoms with E-state index in [0.717, 1.165) is 6.07 Å². The summed E-state index contributed by atoms with van der Waals surface area (Å²) in [5, 5.41) is 22.8. The fourth-order valence-electron chi connectivity index (χ4n) is 3.65. The number of primary amides is 1. The van der Waals surface area contributed by atoms with Crippen molar-refractivity contribution >= 4 is 51.7 Å². The van der Waals surface area contributed by atoms with Crippen LogP contribution in [-0.4, -0.2) is 25.7 Å². The van der Waals surface area contributed by atoms with Crippen molar-refractivity contribution in [3.8, 4) is 0 Å². The minimum atomic E-state index is -1.11. The van der Waals surface area contributed by atoms with Gasteiger partial charge in [0, 0.05) is 28.2 Å². The maximum Gasteiger partial charge on any atom is 0.280 e. The molecular formula is C19H19N5O5S2. The number of nitrogens with two attached hydrogens (primary N) is 3. The Bertz CT molecular complexity index is 1180. The van der Waals surface area contributed by atoms with E-state index in [0.29, 0.717) is 11.1 Å². The van der Waals surface area contributed by atoms with Gasteiger partial charge in [-0.15, -0.1) is 0 Å². The zero-order chi connectivity index (χ0) is 23.8. The van der Waals surface area contributed by atoms with E-state index in [4.69, 9.17) is 41.6 Å². The molecule has 0 spiro atoms. The molecule has 12 heteroatoms. The summed E-state index contributed by atoms with van der Waals surface area (Å²) in [5.41, 5.74) is 16.7. The lowest BCUT2D eigenvalue weighted by Gasteiger charge is -2.30. The fourth-order valence-corrected chi connectivity index (χ4v) is 4.11. The maximum atomic E-state index is 12.2. The number of nitrogens with zero attached hydrogens (tertiary/aromatic N) is 2. The van der Waals surface area contributed by atoms with Gasteiger partial charge in [0.25, 0.3) is 11.4 Å². The molecule has 0 aliphatic rings. The third kappa shape index (κ3) is 4.20. The number of non-ortho nitro benzene ring substituents is 1. The first-order valence-corrected chi connectivity index (χ1v) is 9.54. The third-order valence-corrected chi connectivity index (χ3v) is 5.49. The molecular weight excluding hydrogens is 442 g/mol. The SMILES string of the molecule is Cc1c(C(C)(C)c2ccc([N+](=O)[O-])cc2[N+](=O)[O-])cc(C(N)=O)c(C(N)=S)c1C(N)=S. The molecule has 0 aliphatic heterocycles. The largest absolute Gasteiger partial charge is 0.389 e. The van der Waals surface area contributed by atoms with Crippen molar-refractivity contribution in [2.75, 3.05) is 0 Å². The number of hydrogen-bond donors (Lipinski definition) is 3. The molecule has 2 aromatic rings. The first-order chi connectivity index (χ1) is 14.2. The Hall–Kier alpha value is -3.51. The maximum absolute atomic E-state index is 12.2. The molecule has 0 aromatic heterocycles. The highest BCUT2D eigenvalue weighted by molar-refractivity contribution is 7.81. The average Bonchev–Trinajstić information content (AvgIpc) is 2.65. The first kappa shape index (κ1) is 23.8. The molecule has 0 atom stereocenters. The van der Waals surface area contributed by atoms with E-state index in [1.807, 2.05) is 0 Å². The summed E-state index contributed by atoms with van der Waals surface area (Å²) in [6.45, 7) is 4.99. The van der Waals surface area contributed by atoms with E-state index in [-0.39, 0.29) is 32.2 Å². The molecule has 31 heavy (non-hydrogen) atoms. The topological polar surface area (TPSA) is 181 Å². The predicted molar refractivity (Wildman–Crippen MR) is 123 cm³/mol. The van der Waals surface area contributed by atoms with Crippen LogP contribution in [-0.2, 0) is 5.41 Å². The Balaban J connectivity index is 2.98. The minimum absolute atomic E-state index is 0.0338. The van der Waals surface area contributed by atoms with Gasteiger partial charge in [0.05, 0.1) is 21.5 Å². The van der Waals surface area contributed by atoms with Crippen molar-refractivity contribution in [2.45, 2.75) is 26.2 Å². The van der Waals surface area contributed by atoms with Gasteiger partial charge in [0.1, 0.15) is 9.98 Å². The molecule has 0 heterocycles. The van der Waals surface area contributed by atoms with Gasteiger partial charge in [0.2, 0.25) is 5.91 Å². The van der Waals surface area contributed by atoms with Gasteiger partial charge in [0.15, 0.2) is 0 Å². The van der Waals surface area contributed by atoms with Gasteiger partial charge in [-0.05, 0) is 30.2 Å². The summed E-state index contributed by atoms with van der Waals surface area (Å²) in [5.74, 6) is -0.837. The number of rotatable bonds is 7. The number of benzene rings is 2. The zero-order valence-electron chi connectivity index (χ0n) is 16.8. The van der Waals surface area contributed by atoms with E-state index in [2.05, 4.69) is 0 Å². The number of nitro groups is 2. The highest BCUT2D eigenvalue weighted by atomic mass is 32.1. The van der Waals surface area contributed by atoms with Crippen LogP contribution in [0.25, 0.3) is 0 Å². The summed E-state index contributed by atoms with van der Waals surface area (Å²) in [6.07, 6.45) is 0. The Morgan fingerprint density at radius 2 is 1.48 bits per heavy atom. The van der Waals surface area contributed by atoms with E-state index in [1.54, 1.807) is 20.8 Å². The molecule has 10 nitrogen and oxygen atoms in total. The van der Waals surface area contributed by atoms with Crippen LogP contribution in [0.15, 0.2) is 24.3 Å². The average molecular weight is 462 g/mol. The van der Waals surface area contributed by atoms with E-state index < -0.39 is 32.5 Å². The summed E-state index contributed by atoms with van der Waals surface area (Å²) in [7, 11) is 0. The quantitative estimate of drug-likeness (QED) is 0.317. The Morgan fingerprint density at radius 3 is 1.90 bits per heavy atom. The van der Waals surface area contributed by atoms with Crippen LogP contribution in [0.3, 0.4) is 0 Å². The second-order valence-electron chi connectivity index (χ2n) is 7.28. The highest BCUT2D eigenvalue weighted by Crippen LogP contribution is 2.41. The van der Waals surface area contributed by atoms with Crippen molar-refractivity contribution in [2.24, 2.45) is 17.2 Å². The number of carbonyl (C=O) groups is 1.